The first kappa shape index (κ1) is 8.55. The van der Waals surface area contributed by atoms with Gasteiger partial charge in [-0.15, -0.1) is 0 Å². The quantitative estimate of drug-likeness (QED) is 0.624. The van der Waals surface area contributed by atoms with E-state index < -0.39 is 0 Å². The van der Waals surface area contributed by atoms with Gasteiger partial charge in [0.1, 0.15) is 0 Å². The molecule has 0 aromatic rings. The van der Waals surface area contributed by atoms with Crippen LogP contribution in [-0.4, -0.2) is 24.0 Å². The van der Waals surface area contributed by atoms with Crippen molar-refractivity contribution in [3.05, 3.63) is 0 Å². The lowest BCUT2D eigenvalue weighted by atomic mass is 9.91. The minimum atomic E-state index is 0.868. The molecule has 0 aromatic carbocycles. The molecule has 2 aliphatic rings. The Bertz CT molecular complexity index is 164. The monoisotopic (exact) mass is 167 g/mol. The van der Waals surface area contributed by atoms with Gasteiger partial charge in [-0.1, -0.05) is 20.8 Å². The van der Waals surface area contributed by atoms with E-state index in [1.54, 1.807) is 0 Å². The van der Waals surface area contributed by atoms with E-state index in [0.29, 0.717) is 0 Å². The van der Waals surface area contributed by atoms with Gasteiger partial charge in [0.15, 0.2) is 0 Å². The van der Waals surface area contributed by atoms with E-state index in [9.17, 15) is 0 Å². The predicted molar refractivity (Wildman–Crippen MR) is 52.1 cm³/mol. The van der Waals surface area contributed by atoms with Crippen LogP contribution in [-0.2, 0) is 0 Å². The SMILES string of the molecule is CC(C)C1CCN1CC1CC1C. The second-order valence-electron chi connectivity index (χ2n) is 5.07. The molecule has 0 N–H and O–H groups in total. The molecule has 0 aromatic heterocycles. The van der Waals surface area contributed by atoms with E-state index >= 15 is 0 Å². The van der Waals surface area contributed by atoms with E-state index in [1.165, 1.54) is 25.9 Å². The van der Waals surface area contributed by atoms with Gasteiger partial charge in [-0.3, -0.25) is 4.90 Å². The van der Waals surface area contributed by atoms with Crippen molar-refractivity contribution in [1.82, 2.24) is 4.90 Å². The number of rotatable bonds is 3. The summed E-state index contributed by atoms with van der Waals surface area (Å²) in [6.07, 6.45) is 2.93. The molecule has 1 nitrogen and oxygen atoms in total. The average Bonchev–Trinajstić information content (AvgIpc) is 2.58. The number of hydrogen-bond acceptors (Lipinski definition) is 1. The van der Waals surface area contributed by atoms with Crippen LogP contribution >= 0.6 is 0 Å². The minimum Gasteiger partial charge on any atom is -0.300 e. The molecule has 2 fully saturated rings. The summed E-state index contributed by atoms with van der Waals surface area (Å²) in [6.45, 7) is 9.85. The maximum absolute atomic E-state index is 2.69. The molecule has 3 atom stereocenters. The zero-order chi connectivity index (χ0) is 8.72. The van der Waals surface area contributed by atoms with Crippen molar-refractivity contribution in [2.75, 3.05) is 13.1 Å². The normalized spacial score (nSPS) is 41.5. The third-order valence-corrected chi connectivity index (χ3v) is 3.70. The largest absolute Gasteiger partial charge is 0.300 e. The topological polar surface area (TPSA) is 3.24 Å². The van der Waals surface area contributed by atoms with Crippen molar-refractivity contribution >= 4 is 0 Å². The van der Waals surface area contributed by atoms with E-state index in [2.05, 4.69) is 25.7 Å². The summed E-state index contributed by atoms with van der Waals surface area (Å²) in [5.41, 5.74) is 0. The minimum absolute atomic E-state index is 0.868. The van der Waals surface area contributed by atoms with Gasteiger partial charge in [-0.2, -0.15) is 0 Å². The fourth-order valence-electron chi connectivity index (χ4n) is 2.40. The molecule has 1 aliphatic heterocycles. The Morgan fingerprint density at radius 3 is 2.42 bits per heavy atom. The highest BCUT2D eigenvalue weighted by atomic mass is 15.2. The smallest absolute Gasteiger partial charge is 0.0130 e. The summed E-state index contributed by atoms with van der Waals surface area (Å²) in [6, 6.07) is 0.915. The molecular formula is C11H21N. The van der Waals surface area contributed by atoms with Gasteiger partial charge in [0.25, 0.3) is 0 Å². The lowest BCUT2D eigenvalue weighted by Crippen LogP contribution is -2.51. The van der Waals surface area contributed by atoms with Crippen molar-refractivity contribution in [2.45, 2.75) is 39.7 Å². The second-order valence-corrected chi connectivity index (χ2v) is 5.07. The summed E-state index contributed by atoms with van der Waals surface area (Å²) in [5, 5.41) is 0. The zero-order valence-electron chi connectivity index (χ0n) is 8.59. The Kier molecular flexibility index (Phi) is 2.16. The fraction of sp³-hybridized carbons (Fsp3) is 1.00. The first-order valence-electron chi connectivity index (χ1n) is 5.42. The molecule has 0 bridgehead atoms. The van der Waals surface area contributed by atoms with Gasteiger partial charge >= 0.3 is 0 Å². The molecule has 1 heterocycles. The maximum atomic E-state index is 2.69. The molecule has 70 valence electrons. The van der Waals surface area contributed by atoms with Crippen molar-refractivity contribution in [3.8, 4) is 0 Å². The summed E-state index contributed by atoms with van der Waals surface area (Å²) in [5.74, 6) is 2.94. The van der Waals surface area contributed by atoms with Crippen molar-refractivity contribution in [3.63, 3.8) is 0 Å². The van der Waals surface area contributed by atoms with Crippen LogP contribution in [0, 0.1) is 17.8 Å². The average molecular weight is 167 g/mol. The van der Waals surface area contributed by atoms with E-state index in [-0.39, 0.29) is 0 Å². The molecule has 12 heavy (non-hydrogen) atoms. The molecule has 1 heteroatoms. The molecule has 3 unspecified atom stereocenters. The first-order chi connectivity index (χ1) is 5.68. The van der Waals surface area contributed by atoms with Gasteiger partial charge in [0, 0.05) is 12.6 Å². The lowest BCUT2D eigenvalue weighted by Gasteiger charge is -2.44. The molecular weight excluding hydrogens is 146 g/mol. The number of nitrogens with zero attached hydrogens (tertiary/aromatic N) is 1. The van der Waals surface area contributed by atoms with Crippen LogP contribution in [0.25, 0.3) is 0 Å². The van der Waals surface area contributed by atoms with E-state index in [4.69, 9.17) is 0 Å². The van der Waals surface area contributed by atoms with Crippen molar-refractivity contribution in [1.29, 1.82) is 0 Å². The highest BCUT2D eigenvalue weighted by molar-refractivity contribution is 4.92. The third-order valence-electron chi connectivity index (χ3n) is 3.70. The Morgan fingerprint density at radius 2 is 2.08 bits per heavy atom. The molecule has 0 amide bonds. The number of likely N-dealkylation sites (tertiary alicyclic amines) is 1. The Morgan fingerprint density at radius 1 is 1.42 bits per heavy atom. The summed E-state index contributed by atoms with van der Waals surface area (Å²) in [7, 11) is 0. The maximum Gasteiger partial charge on any atom is 0.0130 e. The van der Waals surface area contributed by atoms with E-state index in [0.717, 1.165) is 23.8 Å². The van der Waals surface area contributed by atoms with Crippen LogP contribution in [0.1, 0.15) is 33.6 Å². The van der Waals surface area contributed by atoms with Crippen LogP contribution in [0.4, 0.5) is 0 Å². The van der Waals surface area contributed by atoms with Crippen LogP contribution in [0.15, 0.2) is 0 Å². The lowest BCUT2D eigenvalue weighted by molar-refractivity contribution is 0.0503. The van der Waals surface area contributed by atoms with Crippen molar-refractivity contribution < 1.29 is 0 Å². The van der Waals surface area contributed by atoms with Gasteiger partial charge in [0.2, 0.25) is 0 Å². The second kappa shape index (κ2) is 3.02. The fourth-order valence-corrected chi connectivity index (χ4v) is 2.40. The predicted octanol–water partition coefficient (Wildman–Crippen LogP) is 2.37. The van der Waals surface area contributed by atoms with Gasteiger partial charge in [0.05, 0.1) is 0 Å². The molecule has 1 aliphatic carbocycles. The molecule has 1 saturated heterocycles. The van der Waals surface area contributed by atoms with Gasteiger partial charge in [-0.25, -0.2) is 0 Å². The Balaban J connectivity index is 1.74. The Labute approximate surface area is 76.1 Å². The third kappa shape index (κ3) is 1.52. The summed E-state index contributed by atoms with van der Waals surface area (Å²) < 4.78 is 0. The molecule has 0 radical (unpaired) electrons. The van der Waals surface area contributed by atoms with Crippen LogP contribution in [0.5, 0.6) is 0 Å². The molecule has 2 rings (SSSR count). The summed E-state index contributed by atoms with van der Waals surface area (Å²) >= 11 is 0. The number of hydrogen-bond donors (Lipinski definition) is 0. The standard InChI is InChI=1S/C11H21N/c1-8(2)11-4-5-12(11)7-10-6-9(10)3/h8-11H,4-7H2,1-3H3. The Hall–Kier alpha value is -0.0400. The highest BCUT2D eigenvalue weighted by Crippen LogP contribution is 2.40. The van der Waals surface area contributed by atoms with Crippen molar-refractivity contribution in [2.24, 2.45) is 17.8 Å². The molecule has 1 saturated carbocycles. The van der Waals surface area contributed by atoms with Crippen LogP contribution in [0.2, 0.25) is 0 Å². The zero-order valence-corrected chi connectivity index (χ0v) is 8.59. The van der Waals surface area contributed by atoms with Crippen LogP contribution < -0.4 is 0 Å². The van der Waals surface area contributed by atoms with Crippen LogP contribution in [0.3, 0.4) is 0 Å². The van der Waals surface area contributed by atoms with Gasteiger partial charge in [-0.05, 0) is 37.1 Å². The summed E-state index contributed by atoms with van der Waals surface area (Å²) in [4.78, 5) is 2.69. The van der Waals surface area contributed by atoms with Gasteiger partial charge < -0.3 is 0 Å². The molecule has 0 spiro atoms. The first-order valence-corrected chi connectivity index (χ1v) is 5.42. The highest BCUT2D eigenvalue weighted by Gasteiger charge is 2.38. The van der Waals surface area contributed by atoms with E-state index in [1.807, 2.05) is 0 Å².